The molecule has 2 rings (SSSR count). The Morgan fingerprint density at radius 1 is 1.26 bits per heavy atom. The highest BCUT2D eigenvalue weighted by atomic mass is 16.5. The maximum absolute atomic E-state index is 10.7. The van der Waals surface area contributed by atoms with Crippen LogP contribution in [0, 0.1) is 6.92 Å². The summed E-state index contributed by atoms with van der Waals surface area (Å²) >= 11 is 0. The third-order valence-corrected chi connectivity index (χ3v) is 2.99. The number of pyridine rings is 1. The van der Waals surface area contributed by atoms with Gasteiger partial charge in [-0.3, -0.25) is 4.79 Å². The molecule has 2 aromatic rings. The molecule has 0 saturated carbocycles. The molecule has 0 atom stereocenters. The molecule has 0 bridgehead atoms. The van der Waals surface area contributed by atoms with Crippen molar-refractivity contribution in [3.63, 3.8) is 0 Å². The zero-order valence-electron chi connectivity index (χ0n) is 11.3. The van der Waals surface area contributed by atoms with E-state index in [4.69, 9.17) is 4.74 Å². The van der Waals surface area contributed by atoms with Crippen molar-refractivity contribution in [1.29, 1.82) is 0 Å². The van der Waals surface area contributed by atoms with Crippen molar-refractivity contribution in [1.82, 2.24) is 4.98 Å². The van der Waals surface area contributed by atoms with Crippen LogP contribution in [0.3, 0.4) is 0 Å². The zero-order chi connectivity index (χ0) is 13.8. The number of ether oxygens (including phenoxy) is 1. The molecule has 0 aliphatic carbocycles. The SMILES string of the molecule is COc1ccc(N(C)c2ncc(C=O)cc2C)cc1. The number of aldehydes is 1. The lowest BCUT2D eigenvalue weighted by Gasteiger charge is -2.20. The molecule has 0 spiro atoms. The average Bonchev–Trinajstić information content (AvgIpc) is 2.46. The number of aromatic nitrogens is 1. The summed E-state index contributed by atoms with van der Waals surface area (Å²) in [5, 5.41) is 0. The Kier molecular flexibility index (Phi) is 3.80. The topological polar surface area (TPSA) is 42.4 Å². The monoisotopic (exact) mass is 256 g/mol. The van der Waals surface area contributed by atoms with Crippen molar-refractivity contribution in [3.8, 4) is 5.75 Å². The predicted molar refractivity (Wildman–Crippen MR) is 75.4 cm³/mol. The molecular weight excluding hydrogens is 240 g/mol. The number of hydrogen-bond donors (Lipinski definition) is 0. The highest BCUT2D eigenvalue weighted by molar-refractivity contribution is 5.76. The summed E-state index contributed by atoms with van der Waals surface area (Å²) in [7, 11) is 3.58. The van der Waals surface area contributed by atoms with Gasteiger partial charge in [-0.1, -0.05) is 0 Å². The van der Waals surface area contributed by atoms with Crippen LogP contribution in [0.2, 0.25) is 0 Å². The fourth-order valence-electron chi connectivity index (χ4n) is 1.93. The minimum absolute atomic E-state index is 0.587. The molecule has 4 heteroatoms. The van der Waals surface area contributed by atoms with Gasteiger partial charge in [-0.2, -0.15) is 0 Å². The molecule has 98 valence electrons. The second-order valence-electron chi connectivity index (χ2n) is 4.28. The number of methoxy groups -OCH3 is 1. The van der Waals surface area contributed by atoms with Crippen LogP contribution in [-0.2, 0) is 0 Å². The van der Waals surface area contributed by atoms with Crippen molar-refractivity contribution in [2.24, 2.45) is 0 Å². The summed E-state index contributed by atoms with van der Waals surface area (Å²) < 4.78 is 5.14. The third-order valence-electron chi connectivity index (χ3n) is 2.99. The van der Waals surface area contributed by atoms with Crippen LogP contribution in [-0.4, -0.2) is 25.4 Å². The molecule has 4 nitrogen and oxygen atoms in total. The van der Waals surface area contributed by atoms with E-state index < -0.39 is 0 Å². The van der Waals surface area contributed by atoms with E-state index in [2.05, 4.69) is 4.98 Å². The lowest BCUT2D eigenvalue weighted by atomic mass is 10.2. The van der Waals surface area contributed by atoms with E-state index in [1.54, 1.807) is 13.3 Å². The van der Waals surface area contributed by atoms with Gasteiger partial charge in [0, 0.05) is 24.5 Å². The fraction of sp³-hybridized carbons (Fsp3) is 0.200. The van der Waals surface area contributed by atoms with Gasteiger partial charge < -0.3 is 9.64 Å². The molecule has 0 amide bonds. The van der Waals surface area contributed by atoms with E-state index in [1.807, 2.05) is 49.2 Å². The molecule has 0 aliphatic heterocycles. The molecule has 0 unspecified atom stereocenters. The van der Waals surface area contributed by atoms with Crippen molar-refractivity contribution in [3.05, 3.63) is 47.7 Å². The number of carbonyl (C=O) groups is 1. The van der Waals surface area contributed by atoms with Crippen LogP contribution in [0.15, 0.2) is 36.5 Å². The minimum Gasteiger partial charge on any atom is -0.497 e. The number of anilines is 2. The third kappa shape index (κ3) is 2.73. The largest absolute Gasteiger partial charge is 0.497 e. The first-order valence-corrected chi connectivity index (χ1v) is 5.95. The number of benzene rings is 1. The molecule has 0 N–H and O–H groups in total. The van der Waals surface area contributed by atoms with Gasteiger partial charge in [-0.15, -0.1) is 0 Å². The molecule has 19 heavy (non-hydrogen) atoms. The fourth-order valence-corrected chi connectivity index (χ4v) is 1.93. The normalized spacial score (nSPS) is 10.1. The molecule has 0 aliphatic rings. The summed E-state index contributed by atoms with van der Waals surface area (Å²) in [6.45, 7) is 1.94. The summed E-state index contributed by atoms with van der Waals surface area (Å²) in [5.41, 5.74) is 2.56. The van der Waals surface area contributed by atoms with Crippen LogP contribution in [0.1, 0.15) is 15.9 Å². The van der Waals surface area contributed by atoms with Gasteiger partial charge >= 0.3 is 0 Å². The lowest BCUT2D eigenvalue weighted by molar-refractivity contribution is 0.112. The Bertz CT molecular complexity index is 579. The van der Waals surface area contributed by atoms with Gasteiger partial charge in [0.2, 0.25) is 0 Å². The van der Waals surface area contributed by atoms with Crippen LogP contribution >= 0.6 is 0 Å². The smallest absolute Gasteiger partial charge is 0.151 e. The van der Waals surface area contributed by atoms with Gasteiger partial charge in [0.15, 0.2) is 6.29 Å². The van der Waals surface area contributed by atoms with E-state index in [0.717, 1.165) is 29.1 Å². The van der Waals surface area contributed by atoms with E-state index in [1.165, 1.54) is 0 Å². The number of aryl methyl sites for hydroxylation is 1. The van der Waals surface area contributed by atoms with Crippen molar-refractivity contribution in [2.75, 3.05) is 19.1 Å². The first-order chi connectivity index (χ1) is 9.15. The van der Waals surface area contributed by atoms with Crippen LogP contribution in [0.25, 0.3) is 0 Å². The average molecular weight is 256 g/mol. The Labute approximate surface area is 112 Å². The van der Waals surface area contributed by atoms with Crippen molar-refractivity contribution in [2.45, 2.75) is 6.92 Å². The molecule has 1 heterocycles. The zero-order valence-corrected chi connectivity index (χ0v) is 11.3. The number of rotatable bonds is 4. The second kappa shape index (κ2) is 5.52. The molecule has 1 aromatic heterocycles. The molecule has 1 aromatic carbocycles. The van der Waals surface area contributed by atoms with Gasteiger partial charge in [0.25, 0.3) is 0 Å². The van der Waals surface area contributed by atoms with Gasteiger partial charge in [-0.25, -0.2) is 4.98 Å². The summed E-state index contributed by atoms with van der Waals surface area (Å²) in [6, 6.07) is 9.57. The molecular formula is C15H16N2O2. The van der Waals surface area contributed by atoms with Crippen LogP contribution in [0.5, 0.6) is 5.75 Å². The molecule has 0 radical (unpaired) electrons. The second-order valence-corrected chi connectivity index (χ2v) is 4.28. The highest BCUT2D eigenvalue weighted by Crippen LogP contribution is 2.26. The van der Waals surface area contributed by atoms with E-state index >= 15 is 0 Å². The first-order valence-electron chi connectivity index (χ1n) is 5.95. The quantitative estimate of drug-likeness (QED) is 0.789. The summed E-state index contributed by atoms with van der Waals surface area (Å²) in [4.78, 5) is 17.0. The summed E-state index contributed by atoms with van der Waals surface area (Å²) in [5.74, 6) is 1.65. The maximum Gasteiger partial charge on any atom is 0.151 e. The Hall–Kier alpha value is -2.36. The van der Waals surface area contributed by atoms with Gasteiger partial charge in [0.1, 0.15) is 11.6 Å². The maximum atomic E-state index is 10.7. The first kappa shape index (κ1) is 13.1. The summed E-state index contributed by atoms with van der Waals surface area (Å²) in [6.07, 6.45) is 2.38. The molecule has 0 fully saturated rings. The number of carbonyl (C=O) groups excluding carboxylic acids is 1. The van der Waals surface area contributed by atoms with E-state index in [-0.39, 0.29) is 0 Å². The Morgan fingerprint density at radius 3 is 2.47 bits per heavy atom. The van der Waals surface area contributed by atoms with Crippen LogP contribution in [0.4, 0.5) is 11.5 Å². The van der Waals surface area contributed by atoms with Crippen LogP contribution < -0.4 is 9.64 Å². The highest BCUT2D eigenvalue weighted by Gasteiger charge is 2.09. The minimum atomic E-state index is 0.587. The van der Waals surface area contributed by atoms with E-state index in [9.17, 15) is 4.79 Å². The number of hydrogen-bond acceptors (Lipinski definition) is 4. The lowest BCUT2D eigenvalue weighted by Crippen LogP contribution is -2.12. The predicted octanol–water partition coefficient (Wildman–Crippen LogP) is 2.98. The van der Waals surface area contributed by atoms with Gasteiger partial charge in [0.05, 0.1) is 7.11 Å². The van der Waals surface area contributed by atoms with E-state index in [0.29, 0.717) is 5.56 Å². The van der Waals surface area contributed by atoms with Crippen molar-refractivity contribution >= 4 is 17.8 Å². The Balaban J connectivity index is 2.32. The number of nitrogens with zero attached hydrogens (tertiary/aromatic N) is 2. The molecule has 0 saturated heterocycles. The standard InChI is InChI=1S/C15H16N2O2/c1-11-8-12(10-18)9-16-15(11)17(2)13-4-6-14(19-3)7-5-13/h4-10H,1-3H3. The van der Waals surface area contributed by atoms with Crippen molar-refractivity contribution < 1.29 is 9.53 Å². The van der Waals surface area contributed by atoms with Gasteiger partial charge in [-0.05, 0) is 42.8 Å². The Morgan fingerprint density at radius 2 is 1.95 bits per heavy atom.